The van der Waals surface area contributed by atoms with Crippen LogP contribution in [0, 0.1) is 0 Å². The summed E-state index contributed by atoms with van der Waals surface area (Å²) in [5, 5.41) is 11.3. The number of nitrogens with one attached hydrogen (secondary N) is 1. The Kier molecular flexibility index (Phi) is 4.87. The van der Waals surface area contributed by atoms with Crippen LogP contribution in [0.15, 0.2) is 24.3 Å². The molecule has 0 radical (unpaired) electrons. The second-order valence-corrected chi connectivity index (χ2v) is 3.99. The second kappa shape index (κ2) is 6.39. The van der Waals surface area contributed by atoms with E-state index in [0.29, 0.717) is 5.69 Å². The van der Waals surface area contributed by atoms with Gasteiger partial charge in [0.15, 0.2) is 0 Å². The Hall–Kier alpha value is -2.57. The number of amides is 2. The first-order valence-electron chi connectivity index (χ1n) is 5.57. The van der Waals surface area contributed by atoms with Crippen molar-refractivity contribution in [2.24, 2.45) is 5.73 Å². The van der Waals surface area contributed by atoms with Crippen LogP contribution < -0.4 is 16.8 Å². The van der Waals surface area contributed by atoms with Crippen LogP contribution >= 0.6 is 0 Å². The fourth-order valence-electron chi connectivity index (χ4n) is 1.47. The normalized spacial score (nSPS) is 11.6. The lowest BCUT2D eigenvalue weighted by Gasteiger charge is -2.13. The predicted octanol–water partition coefficient (Wildman–Crippen LogP) is -0.283. The number of carboxylic acids is 1. The Morgan fingerprint density at radius 2 is 2.00 bits per heavy atom. The van der Waals surface area contributed by atoms with Crippen LogP contribution in [0.1, 0.15) is 23.2 Å². The maximum absolute atomic E-state index is 11.8. The molecule has 0 saturated heterocycles. The molecule has 1 aromatic rings. The van der Waals surface area contributed by atoms with Crippen LogP contribution in [0.2, 0.25) is 0 Å². The fraction of sp³-hybridized carbons (Fsp3) is 0.250. The molecule has 19 heavy (non-hydrogen) atoms. The summed E-state index contributed by atoms with van der Waals surface area (Å²) in [6, 6.07) is 4.98. The van der Waals surface area contributed by atoms with Crippen LogP contribution in [-0.2, 0) is 9.59 Å². The number of primary amides is 1. The number of nitrogens with two attached hydrogens (primary N) is 2. The number of carboxylic acid groups (broad SMARTS) is 1. The van der Waals surface area contributed by atoms with Gasteiger partial charge in [-0.05, 0) is 24.6 Å². The zero-order valence-electron chi connectivity index (χ0n) is 10.1. The Bertz CT molecular complexity index is 502. The molecule has 6 N–H and O–H groups in total. The van der Waals surface area contributed by atoms with Gasteiger partial charge in [-0.25, -0.2) is 4.79 Å². The highest BCUT2D eigenvalue weighted by atomic mass is 16.4. The number of anilines is 1. The standard InChI is InChI=1S/C12H15N3O4/c13-8-3-1-2-7(6-8)11(17)15-9(12(18)19)4-5-10(14)16/h1-3,6,9H,4-5,13H2,(H2,14,16)(H,15,17)(H,18,19)/t9-/m1/s1. The van der Waals surface area contributed by atoms with Gasteiger partial charge in [0.2, 0.25) is 5.91 Å². The van der Waals surface area contributed by atoms with Gasteiger partial charge in [-0.1, -0.05) is 6.07 Å². The molecule has 0 aliphatic heterocycles. The van der Waals surface area contributed by atoms with Gasteiger partial charge in [-0.15, -0.1) is 0 Å². The van der Waals surface area contributed by atoms with E-state index in [1.54, 1.807) is 12.1 Å². The first kappa shape index (κ1) is 14.5. The van der Waals surface area contributed by atoms with Crippen molar-refractivity contribution in [3.8, 4) is 0 Å². The summed E-state index contributed by atoms with van der Waals surface area (Å²) in [6.45, 7) is 0. The second-order valence-electron chi connectivity index (χ2n) is 3.99. The van der Waals surface area contributed by atoms with Crippen molar-refractivity contribution >= 4 is 23.5 Å². The average Bonchev–Trinajstić information content (AvgIpc) is 2.33. The molecule has 0 aliphatic rings. The fourth-order valence-corrected chi connectivity index (χ4v) is 1.47. The molecule has 0 fully saturated rings. The number of hydrogen-bond acceptors (Lipinski definition) is 4. The summed E-state index contributed by atoms with van der Waals surface area (Å²) in [5.74, 6) is -2.41. The predicted molar refractivity (Wildman–Crippen MR) is 68.2 cm³/mol. The Labute approximate surface area is 109 Å². The van der Waals surface area contributed by atoms with Gasteiger partial charge in [0, 0.05) is 17.7 Å². The zero-order chi connectivity index (χ0) is 14.4. The molecule has 0 saturated carbocycles. The zero-order valence-corrected chi connectivity index (χ0v) is 10.1. The molecule has 1 rings (SSSR count). The van der Waals surface area contributed by atoms with Gasteiger partial charge >= 0.3 is 5.97 Å². The van der Waals surface area contributed by atoms with Crippen LogP contribution in [0.3, 0.4) is 0 Å². The maximum Gasteiger partial charge on any atom is 0.326 e. The van der Waals surface area contributed by atoms with E-state index in [2.05, 4.69) is 5.32 Å². The van der Waals surface area contributed by atoms with Crippen molar-refractivity contribution in [3.63, 3.8) is 0 Å². The number of aliphatic carboxylic acids is 1. The van der Waals surface area contributed by atoms with E-state index in [-0.39, 0.29) is 18.4 Å². The van der Waals surface area contributed by atoms with Gasteiger partial charge in [-0.3, -0.25) is 9.59 Å². The highest BCUT2D eigenvalue weighted by Gasteiger charge is 2.21. The van der Waals surface area contributed by atoms with E-state index in [9.17, 15) is 14.4 Å². The van der Waals surface area contributed by atoms with E-state index in [1.165, 1.54) is 12.1 Å². The maximum atomic E-state index is 11.8. The lowest BCUT2D eigenvalue weighted by Crippen LogP contribution is -2.41. The number of benzene rings is 1. The summed E-state index contributed by atoms with van der Waals surface area (Å²) in [7, 11) is 0. The molecular weight excluding hydrogens is 250 g/mol. The molecule has 0 aromatic heterocycles. The minimum Gasteiger partial charge on any atom is -0.480 e. The minimum absolute atomic E-state index is 0.0568. The van der Waals surface area contributed by atoms with E-state index in [1.807, 2.05) is 0 Å². The van der Waals surface area contributed by atoms with Crippen LogP contribution in [0.25, 0.3) is 0 Å². The molecule has 2 amide bonds. The van der Waals surface area contributed by atoms with Crippen LogP contribution in [-0.4, -0.2) is 28.9 Å². The topological polar surface area (TPSA) is 136 Å². The molecule has 0 bridgehead atoms. The van der Waals surface area contributed by atoms with Gasteiger partial charge in [0.1, 0.15) is 6.04 Å². The summed E-state index contributed by atoms with van der Waals surface area (Å²) >= 11 is 0. The number of carbonyl (C=O) groups is 3. The Morgan fingerprint density at radius 1 is 1.32 bits per heavy atom. The highest BCUT2D eigenvalue weighted by Crippen LogP contribution is 2.07. The van der Waals surface area contributed by atoms with Crippen molar-refractivity contribution in [2.75, 3.05) is 5.73 Å². The molecule has 7 nitrogen and oxygen atoms in total. The summed E-state index contributed by atoms with van der Waals surface area (Å²) in [4.78, 5) is 33.4. The van der Waals surface area contributed by atoms with Crippen molar-refractivity contribution < 1.29 is 19.5 Å². The Morgan fingerprint density at radius 3 is 2.53 bits per heavy atom. The molecule has 102 valence electrons. The summed E-state index contributed by atoms with van der Waals surface area (Å²) in [6.07, 6.45) is -0.174. The molecule has 1 aromatic carbocycles. The van der Waals surface area contributed by atoms with Gasteiger partial charge < -0.3 is 21.9 Å². The first-order valence-corrected chi connectivity index (χ1v) is 5.57. The smallest absolute Gasteiger partial charge is 0.326 e. The monoisotopic (exact) mass is 265 g/mol. The molecule has 0 spiro atoms. The van der Waals surface area contributed by atoms with Crippen LogP contribution in [0.5, 0.6) is 0 Å². The third-order valence-electron chi connectivity index (χ3n) is 2.43. The Balaban J connectivity index is 2.71. The van der Waals surface area contributed by atoms with E-state index in [0.717, 1.165) is 0 Å². The first-order chi connectivity index (χ1) is 8.90. The number of hydrogen-bond donors (Lipinski definition) is 4. The lowest BCUT2D eigenvalue weighted by atomic mass is 10.1. The van der Waals surface area contributed by atoms with E-state index in [4.69, 9.17) is 16.6 Å². The van der Waals surface area contributed by atoms with Crippen molar-refractivity contribution in [2.45, 2.75) is 18.9 Å². The number of nitrogen functional groups attached to an aromatic ring is 1. The van der Waals surface area contributed by atoms with Gasteiger partial charge in [-0.2, -0.15) is 0 Å². The molecular formula is C12H15N3O4. The lowest BCUT2D eigenvalue weighted by molar-refractivity contribution is -0.139. The molecule has 1 atom stereocenters. The molecule has 0 heterocycles. The van der Waals surface area contributed by atoms with Crippen molar-refractivity contribution in [1.29, 1.82) is 0 Å². The highest BCUT2D eigenvalue weighted by molar-refractivity contribution is 5.97. The van der Waals surface area contributed by atoms with Gasteiger partial charge in [0.25, 0.3) is 5.91 Å². The number of rotatable bonds is 6. The van der Waals surface area contributed by atoms with E-state index >= 15 is 0 Å². The summed E-state index contributed by atoms with van der Waals surface area (Å²) < 4.78 is 0. The van der Waals surface area contributed by atoms with Gasteiger partial charge in [0.05, 0.1) is 0 Å². The minimum atomic E-state index is -1.22. The largest absolute Gasteiger partial charge is 0.480 e. The number of carbonyl (C=O) groups excluding carboxylic acids is 2. The van der Waals surface area contributed by atoms with Crippen molar-refractivity contribution in [1.82, 2.24) is 5.32 Å². The molecule has 7 heteroatoms. The molecule has 0 unspecified atom stereocenters. The third kappa shape index (κ3) is 4.66. The van der Waals surface area contributed by atoms with Crippen molar-refractivity contribution in [3.05, 3.63) is 29.8 Å². The SMILES string of the molecule is NC(=O)CC[C@@H](NC(=O)c1cccc(N)c1)C(=O)O. The molecule has 0 aliphatic carbocycles. The summed E-state index contributed by atoms with van der Waals surface area (Å²) in [5.41, 5.74) is 11.1. The quantitative estimate of drug-likeness (QED) is 0.524. The third-order valence-corrected chi connectivity index (χ3v) is 2.43. The van der Waals surface area contributed by atoms with Crippen LogP contribution in [0.4, 0.5) is 5.69 Å². The van der Waals surface area contributed by atoms with E-state index < -0.39 is 23.8 Å². The average molecular weight is 265 g/mol.